The first-order valence-electron chi connectivity index (χ1n) is 4.87. The average molecular weight is 294 g/mol. The Morgan fingerprint density at radius 2 is 2.44 bits per heavy atom. The minimum atomic E-state index is -0.628. The van der Waals surface area contributed by atoms with Crippen LogP contribution in [0.25, 0.3) is 0 Å². The molecular weight excluding hydrogens is 282 g/mol. The number of amides is 1. The van der Waals surface area contributed by atoms with E-state index in [1.54, 1.807) is 0 Å². The molecule has 3 atom stereocenters. The highest BCUT2D eigenvalue weighted by Gasteiger charge is 2.48. The highest BCUT2D eigenvalue weighted by atomic mass is 79.9. The van der Waals surface area contributed by atoms with Crippen LogP contribution >= 0.6 is 15.9 Å². The van der Waals surface area contributed by atoms with E-state index in [0.717, 1.165) is 0 Å². The molecule has 2 saturated heterocycles. The van der Waals surface area contributed by atoms with Gasteiger partial charge >= 0.3 is 5.97 Å². The third kappa shape index (κ3) is 1.94. The maximum absolute atomic E-state index is 11.7. The number of carbonyl (C=O) groups excluding carboxylic acids is 2. The Balaban J connectivity index is 2.18. The predicted molar refractivity (Wildman–Crippen MR) is 55.9 cm³/mol. The number of esters is 1. The van der Waals surface area contributed by atoms with Gasteiger partial charge in [-0.15, -0.1) is 0 Å². The number of rotatable bonds is 2. The van der Waals surface area contributed by atoms with Gasteiger partial charge in [-0.3, -0.25) is 4.79 Å². The highest BCUT2D eigenvalue weighted by Crippen LogP contribution is 2.25. The van der Waals surface area contributed by atoms with E-state index in [1.807, 2.05) is 0 Å². The van der Waals surface area contributed by atoms with Crippen LogP contribution in [0, 0.1) is 0 Å². The lowest BCUT2D eigenvalue weighted by atomic mass is 10.1. The lowest BCUT2D eigenvalue weighted by Crippen LogP contribution is -2.58. The SMILES string of the molecule is COC1CN(C(=O)CBr)C2C(=O)OCC2O1. The zero-order valence-corrected chi connectivity index (χ0v) is 10.3. The summed E-state index contributed by atoms with van der Waals surface area (Å²) in [5.41, 5.74) is 0. The molecule has 2 rings (SSSR count). The topological polar surface area (TPSA) is 65.1 Å². The van der Waals surface area contributed by atoms with Crippen molar-refractivity contribution in [2.24, 2.45) is 0 Å². The van der Waals surface area contributed by atoms with Crippen molar-refractivity contribution in [2.45, 2.75) is 18.4 Å². The lowest BCUT2D eigenvalue weighted by molar-refractivity contribution is -0.208. The van der Waals surface area contributed by atoms with Crippen LogP contribution in [0.2, 0.25) is 0 Å². The zero-order valence-electron chi connectivity index (χ0n) is 8.72. The molecule has 0 spiro atoms. The molecule has 6 nitrogen and oxygen atoms in total. The number of ether oxygens (including phenoxy) is 3. The van der Waals surface area contributed by atoms with Crippen LogP contribution in [0.3, 0.4) is 0 Å². The number of hydrogen-bond acceptors (Lipinski definition) is 5. The summed E-state index contributed by atoms with van der Waals surface area (Å²) in [5.74, 6) is -0.576. The van der Waals surface area contributed by atoms with Gasteiger partial charge in [-0.2, -0.15) is 0 Å². The summed E-state index contributed by atoms with van der Waals surface area (Å²) in [7, 11) is 1.50. The van der Waals surface area contributed by atoms with Crippen molar-refractivity contribution in [1.29, 1.82) is 0 Å². The van der Waals surface area contributed by atoms with E-state index in [4.69, 9.17) is 14.2 Å². The Kier molecular flexibility index (Phi) is 3.46. The Morgan fingerprint density at radius 3 is 3.06 bits per heavy atom. The van der Waals surface area contributed by atoms with Crippen LogP contribution in [0.15, 0.2) is 0 Å². The predicted octanol–water partition coefficient (Wildman–Crippen LogP) is -0.493. The summed E-state index contributed by atoms with van der Waals surface area (Å²) in [5, 5.41) is 0.167. The van der Waals surface area contributed by atoms with Crippen molar-refractivity contribution in [2.75, 3.05) is 25.6 Å². The Morgan fingerprint density at radius 1 is 1.69 bits per heavy atom. The van der Waals surface area contributed by atoms with Crippen LogP contribution in [-0.2, 0) is 23.8 Å². The lowest BCUT2D eigenvalue weighted by Gasteiger charge is -2.38. The molecule has 16 heavy (non-hydrogen) atoms. The molecule has 3 unspecified atom stereocenters. The molecule has 90 valence electrons. The number of cyclic esters (lactones) is 1. The molecule has 2 aliphatic heterocycles. The fourth-order valence-corrected chi connectivity index (χ4v) is 2.23. The van der Waals surface area contributed by atoms with Gasteiger partial charge in [-0.25, -0.2) is 4.79 Å². The molecule has 0 aliphatic carbocycles. The number of carbonyl (C=O) groups is 2. The van der Waals surface area contributed by atoms with E-state index in [9.17, 15) is 9.59 Å². The summed E-state index contributed by atoms with van der Waals surface area (Å²) in [4.78, 5) is 24.6. The molecule has 2 fully saturated rings. The average Bonchev–Trinajstić information content (AvgIpc) is 2.69. The van der Waals surface area contributed by atoms with Crippen molar-refractivity contribution >= 4 is 27.8 Å². The Labute approximate surface area is 101 Å². The molecule has 0 N–H and O–H groups in total. The van der Waals surface area contributed by atoms with Gasteiger partial charge in [0.1, 0.15) is 12.7 Å². The number of halogens is 1. The first-order valence-corrected chi connectivity index (χ1v) is 6.00. The van der Waals surface area contributed by atoms with Gasteiger partial charge in [0, 0.05) is 7.11 Å². The minimum absolute atomic E-state index is 0.167. The normalized spacial score (nSPS) is 33.5. The quantitative estimate of drug-likeness (QED) is 0.508. The van der Waals surface area contributed by atoms with Gasteiger partial charge in [0.15, 0.2) is 12.3 Å². The van der Waals surface area contributed by atoms with Crippen molar-refractivity contribution in [1.82, 2.24) is 4.90 Å². The van der Waals surface area contributed by atoms with E-state index >= 15 is 0 Å². The molecule has 7 heteroatoms. The van der Waals surface area contributed by atoms with Gasteiger partial charge < -0.3 is 19.1 Å². The van der Waals surface area contributed by atoms with Gasteiger partial charge in [0.2, 0.25) is 5.91 Å². The van der Waals surface area contributed by atoms with Crippen LogP contribution < -0.4 is 0 Å². The molecule has 0 saturated carbocycles. The highest BCUT2D eigenvalue weighted by molar-refractivity contribution is 9.09. The number of fused-ring (bicyclic) bond motifs is 1. The second-order valence-corrected chi connectivity index (χ2v) is 4.16. The zero-order chi connectivity index (χ0) is 11.7. The summed E-state index contributed by atoms with van der Waals surface area (Å²) in [6.45, 7) is 0.423. The number of morpholine rings is 1. The smallest absolute Gasteiger partial charge is 0.331 e. The number of hydrogen-bond donors (Lipinski definition) is 0. The second kappa shape index (κ2) is 4.68. The summed E-state index contributed by atoms with van der Waals surface area (Å²) >= 11 is 3.08. The van der Waals surface area contributed by atoms with Crippen molar-refractivity contribution in [3.63, 3.8) is 0 Å². The number of nitrogens with zero attached hydrogens (tertiary/aromatic N) is 1. The Hall–Kier alpha value is -0.660. The van der Waals surface area contributed by atoms with E-state index < -0.39 is 24.4 Å². The monoisotopic (exact) mass is 293 g/mol. The largest absolute Gasteiger partial charge is 0.461 e. The molecule has 1 amide bonds. The van der Waals surface area contributed by atoms with Gasteiger partial charge in [0.25, 0.3) is 0 Å². The maximum atomic E-state index is 11.7. The maximum Gasteiger partial charge on any atom is 0.331 e. The third-order valence-electron chi connectivity index (χ3n) is 2.69. The van der Waals surface area contributed by atoms with Crippen molar-refractivity contribution in [3.05, 3.63) is 0 Å². The van der Waals surface area contributed by atoms with E-state index in [-0.39, 0.29) is 24.4 Å². The van der Waals surface area contributed by atoms with Crippen LogP contribution in [0.5, 0.6) is 0 Å². The van der Waals surface area contributed by atoms with Crippen LogP contribution in [0.4, 0.5) is 0 Å². The molecule has 0 aromatic rings. The Bertz CT molecular complexity index is 310. The molecule has 2 aliphatic rings. The molecule has 0 aromatic carbocycles. The van der Waals surface area contributed by atoms with Crippen LogP contribution in [0.1, 0.15) is 0 Å². The molecule has 0 aromatic heterocycles. The van der Waals surface area contributed by atoms with Gasteiger partial charge in [-0.1, -0.05) is 15.9 Å². The fraction of sp³-hybridized carbons (Fsp3) is 0.778. The molecule has 2 heterocycles. The standard InChI is InChI=1S/C9H12BrNO5/c1-14-7-3-11(6(12)2-10)8-5(16-7)4-15-9(8)13/h5,7-8H,2-4H2,1H3. The third-order valence-corrected chi connectivity index (χ3v) is 3.17. The van der Waals surface area contributed by atoms with Gasteiger partial charge in [0.05, 0.1) is 11.9 Å². The van der Waals surface area contributed by atoms with E-state index in [2.05, 4.69) is 15.9 Å². The summed E-state index contributed by atoms with van der Waals surface area (Å²) in [6.07, 6.45) is -0.923. The summed E-state index contributed by atoms with van der Waals surface area (Å²) < 4.78 is 15.4. The van der Waals surface area contributed by atoms with Crippen molar-refractivity contribution < 1.29 is 23.8 Å². The fourth-order valence-electron chi connectivity index (χ4n) is 1.91. The van der Waals surface area contributed by atoms with Crippen molar-refractivity contribution in [3.8, 4) is 0 Å². The number of alkyl halides is 1. The number of methoxy groups -OCH3 is 1. The first-order chi connectivity index (χ1) is 7.67. The molecule has 0 radical (unpaired) electrons. The molecular formula is C9H12BrNO5. The second-order valence-electron chi connectivity index (χ2n) is 3.59. The first kappa shape index (κ1) is 11.8. The van der Waals surface area contributed by atoms with Gasteiger partial charge in [-0.05, 0) is 0 Å². The van der Waals surface area contributed by atoms with E-state index in [1.165, 1.54) is 12.0 Å². The summed E-state index contributed by atoms with van der Waals surface area (Å²) in [6, 6.07) is -0.628. The molecule has 0 bridgehead atoms. The minimum Gasteiger partial charge on any atom is -0.461 e. The van der Waals surface area contributed by atoms with E-state index in [0.29, 0.717) is 0 Å². The van der Waals surface area contributed by atoms with Crippen LogP contribution in [-0.4, -0.2) is 60.8 Å².